The molecule has 1 saturated heterocycles. The Hall–Kier alpha value is 0.0500. The first-order valence-electron chi connectivity index (χ1n) is 5.55. The van der Waals surface area contributed by atoms with Gasteiger partial charge < -0.3 is 13.6 Å². The van der Waals surface area contributed by atoms with Gasteiger partial charge in [0.25, 0.3) is 0 Å². The molecule has 1 atom stereocenters. The second kappa shape index (κ2) is 4.92. The van der Waals surface area contributed by atoms with Gasteiger partial charge in [-0.05, 0) is 19.3 Å². The smallest absolute Gasteiger partial charge is 0.312 e. The molecule has 15 heavy (non-hydrogen) atoms. The lowest BCUT2D eigenvalue weighted by Gasteiger charge is -2.34. The Morgan fingerprint density at radius 2 is 2.07 bits per heavy atom. The van der Waals surface area contributed by atoms with Crippen LogP contribution in [0.15, 0.2) is 12.2 Å². The van der Waals surface area contributed by atoms with Gasteiger partial charge in [0.1, 0.15) is 0 Å². The van der Waals surface area contributed by atoms with E-state index in [9.17, 15) is 0 Å². The van der Waals surface area contributed by atoms with Crippen molar-refractivity contribution in [3.63, 3.8) is 0 Å². The fourth-order valence-corrected chi connectivity index (χ4v) is 3.08. The molecule has 0 aromatic carbocycles. The quantitative estimate of drug-likeness (QED) is 0.537. The summed E-state index contributed by atoms with van der Waals surface area (Å²) in [6, 6.07) is 0. The van der Waals surface area contributed by atoms with Crippen LogP contribution >= 0.6 is 8.60 Å². The molecule has 2 aliphatic rings. The van der Waals surface area contributed by atoms with Gasteiger partial charge in [-0.3, -0.25) is 0 Å². The lowest BCUT2D eigenvalue weighted by molar-refractivity contribution is 0.0196. The van der Waals surface area contributed by atoms with Gasteiger partial charge in [0.2, 0.25) is 0 Å². The van der Waals surface area contributed by atoms with Crippen LogP contribution in [0.4, 0.5) is 0 Å². The number of allylic oxidation sites excluding steroid dienone is 1. The minimum absolute atomic E-state index is 0.130. The van der Waals surface area contributed by atoms with E-state index in [1.165, 1.54) is 12.8 Å². The molecule has 1 aliphatic heterocycles. The van der Waals surface area contributed by atoms with Crippen LogP contribution in [0.3, 0.4) is 0 Å². The fourth-order valence-electron chi connectivity index (χ4n) is 1.57. The summed E-state index contributed by atoms with van der Waals surface area (Å²) in [5, 5.41) is 0. The van der Waals surface area contributed by atoms with Gasteiger partial charge in [-0.25, -0.2) is 0 Å². The minimum atomic E-state index is -1.10. The summed E-state index contributed by atoms with van der Waals surface area (Å²) in [7, 11) is -1.10. The molecule has 2 rings (SSSR count). The van der Waals surface area contributed by atoms with Gasteiger partial charge in [0.15, 0.2) is 0 Å². The number of hydrogen-bond donors (Lipinski definition) is 0. The van der Waals surface area contributed by atoms with E-state index in [1.54, 1.807) is 0 Å². The number of hydrogen-bond acceptors (Lipinski definition) is 3. The van der Waals surface area contributed by atoms with Gasteiger partial charge in [-0.1, -0.05) is 26.0 Å². The van der Waals surface area contributed by atoms with Crippen molar-refractivity contribution in [3.8, 4) is 0 Å². The van der Waals surface area contributed by atoms with E-state index in [0.717, 1.165) is 19.6 Å². The standard InChI is InChI=1S/C11H19O3P/c1-11(2)8-12-15(13-9-11)14-10-6-4-3-5-7-10/h4,6,10H,3,5,7-9H2,1-2H3. The highest BCUT2D eigenvalue weighted by molar-refractivity contribution is 7.41. The first-order chi connectivity index (χ1) is 7.16. The van der Waals surface area contributed by atoms with Gasteiger partial charge in [-0.2, -0.15) is 0 Å². The molecule has 3 nitrogen and oxygen atoms in total. The normalized spacial score (nSPS) is 31.7. The SMILES string of the molecule is CC1(C)COP(OC2C=CCCC2)OC1. The molecule has 0 spiro atoms. The largest absolute Gasteiger partial charge is 0.333 e. The first kappa shape index (κ1) is 11.5. The second-order valence-corrected chi connectivity index (χ2v) is 6.11. The second-order valence-electron chi connectivity index (χ2n) is 4.94. The van der Waals surface area contributed by atoms with Crippen LogP contribution in [-0.2, 0) is 13.6 Å². The van der Waals surface area contributed by atoms with Crippen molar-refractivity contribution >= 4 is 8.60 Å². The maximum atomic E-state index is 5.76. The molecular weight excluding hydrogens is 211 g/mol. The Kier molecular flexibility index (Phi) is 3.78. The van der Waals surface area contributed by atoms with Crippen LogP contribution in [0.1, 0.15) is 33.1 Å². The van der Waals surface area contributed by atoms with Crippen LogP contribution < -0.4 is 0 Å². The maximum Gasteiger partial charge on any atom is 0.333 e. The summed E-state index contributed by atoms with van der Waals surface area (Å²) in [6.45, 7) is 5.74. The molecule has 0 saturated carbocycles. The topological polar surface area (TPSA) is 27.7 Å². The summed E-state index contributed by atoms with van der Waals surface area (Å²) in [5.41, 5.74) is 0.130. The lowest BCUT2D eigenvalue weighted by Crippen LogP contribution is -2.29. The van der Waals surface area contributed by atoms with Crippen molar-refractivity contribution in [2.75, 3.05) is 13.2 Å². The molecule has 0 aromatic heterocycles. The zero-order valence-electron chi connectivity index (χ0n) is 9.44. The third-order valence-corrected chi connectivity index (χ3v) is 3.68. The van der Waals surface area contributed by atoms with Crippen LogP contribution in [-0.4, -0.2) is 19.3 Å². The van der Waals surface area contributed by atoms with Crippen molar-refractivity contribution in [2.45, 2.75) is 39.2 Å². The van der Waals surface area contributed by atoms with Crippen molar-refractivity contribution in [1.82, 2.24) is 0 Å². The summed E-state index contributed by atoms with van der Waals surface area (Å²) in [4.78, 5) is 0. The van der Waals surface area contributed by atoms with Crippen LogP contribution in [0.5, 0.6) is 0 Å². The maximum absolute atomic E-state index is 5.76. The molecule has 86 valence electrons. The molecule has 1 aliphatic carbocycles. The van der Waals surface area contributed by atoms with E-state index < -0.39 is 8.60 Å². The molecule has 1 fully saturated rings. The van der Waals surface area contributed by atoms with Crippen molar-refractivity contribution in [3.05, 3.63) is 12.2 Å². The predicted octanol–water partition coefficient (Wildman–Crippen LogP) is 3.41. The van der Waals surface area contributed by atoms with Gasteiger partial charge in [-0.15, -0.1) is 0 Å². The summed E-state index contributed by atoms with van der Waals surface area (Å²) >= 11 is 0. The molecular formula is C11H19O3P. The Morgan fingerprint density at radius 1 is 1.33 bits per heavy atom. The molecule has 0 aromatic rings. The van der Waals surface area contributed by atoms with Crippen LogP contribution in [0.25, 0.3) is 0 Å². The van der Waals surface area contributed by atoms with Crippen LogP contribution in [0, 0.1) is 5.41 Å². The molecule has 1 heterocycles. The highest BCUT2D eigenvalue weighted by Crippen LogP contribution is 2.48. The van der Waals surface area contributed by atoms with E-state index in [2.05, 4.69) is 26.0 Å². The Labute approximate surface area is 92.8 Å². The zero-order chi connectivity index (χ0) is 10.7. The van der Waals surface area contributed by atoms with E-state index >= 15 is 0 Å². The zero-order valence-corrected chi connectivity index (χ0v) is 10.3. The van der Waals surface area contributed by atoms with Gasteiger partial charge >= 0.3 is 8.60 Å². The summed E-state index contributed by atoms with van der Waals surface area (Å²) in [5.74, 6) is 0. The van der Waals surface area contributed by atoms with E-state index in [4.69, 9.17) is 13.6 Å². The molecule has 1 unspecified atom stereocenters. The fraction of sp³-hybridized carbons (Fsp3) is 0.818. The van der Waals surface area contributed by atoms with Crippen molar-refractivity contribution < 1.29 is 13.6 Å². The molecule has 0 radical (unpaired) electrons. The van der Waals surface area contributed by atoms with E-state index in [0.29, 0.717) is 0 Å². The molecule has 0 amide bonds. The molecule has 4 heteroatoms. The third kappa shape index (κ3) is 3.53. The predicted molar refractivity (Wildman–Crippen MR) is 60.5 cm³/mol. The van der Waals surface area contributed by atoms with Crippen LogP contribution in [0.2, 0.25) is 0 Å². The third-order valence-electron chi connectivity index (χ3n) is 2.55. The molecule has 0 bridgehead atoms. The Balaban J connectivity index is 1.76. The summed E-state index contributed by atoms with van der Waals surface area (Å²) < 4.78 is 16.9. The first-order valence-corrected chi connectivity index (χ1v) is 6.65. The highest BCUT2D eigenvalue weighted by atomic mass is 31.2. The average molecular weight is 230 g/mol. The van der Waals surface area contributed by atoms with Crippen molar-refractivity contribution in [2.24, 2.45) is 5.41 Å². The lowest BCUT2D eigenvalue weighted by atomic mass is 9.97. The van der Waals surface area contributed by atoms with E-state index in [1.807, 2.05) is 0 Å². The average Bonchev–Trinajstić information content (AvgIpc) is 2.23. The Morgan fingerprint density at radius 3 is 2.67 bits per heavy atom. The molecule has 0 N–H and O–H groups in total. The van der Waals surface area contributed by atoms with Gasteiger partial charge in [0.05, 0.1) is 19.3 Å². The van der Waals surface area contributed by atoms with E-state index in [-0.39, 0.29) is 11.5 Å². The highest BCUT2D eigenvalue weighted by Gasteiger charge is 2.31. The van der Waals surface area contributed by atoms with Crippen molar-refractivity contribution in [1.29, 1.82) is 0 Å². The minimum Gasteiger partial charge on any atom is -0.312 e. The Bertz CT molecular complexity index is 230. The number of rotatable bonds is 2. The monoisotopic (exact) mass is 230 g/mol. The van der Waals surface area contributed by atoms with Gasteiger partial charge in [0, 0.05) is 5.41 Å². The summed E-state index contributed by atoms with van der Waals surface area (Å²) in [6.07, 6.45) is 7.97.